The Morgan fingerprint density at radius 3 is 2.32 bits per heavy atom. The van der Waals surface area contributed by atoms with E-state index in [1.54, 1.807) is 24.3 Å². The first-order valence-electron chi connectivity index (χ1n) is 5.37. The monoisotopic (exact) mass is 288 g/mol. The van der Waals surface area contributed by atoms with Crippen LogP contribution in [0.4, 0.5) is 13.2 Å². The van der Waals surface area contributed by atoms with Gasteiger partial charge in [-0.25, -0.2) is 4.98 Å². The summed E-state index contributed by atoms with van der Waals surface area (Å²) < 4.78 is 43.2. The van der Waals surface area contributed by atoms with E-state index in [4.69, 9.17) is 10.5 Å². The minimum Gasteiger partial charge on any atom is -0.497 e. The van der Waals surface area contributed by atoms with Gasteiger partial charge in [-0.2, -0.15) is 13.2 Å². The number of rotatable bonds is 3. The number of hydrogen-bond acceptors (Lipinski definition) is 4. The van der Waals surface area contributed by atoms with E-state index in [-0.39, 0.29) is 11.4 Å². The molecule has 0 amide bonds. The second-order valence-electron chi connectivity index (χ2n) is 3.72. The molecule has 0 saturated heterocycles. The Hall–Kier alpha value is -1.60. The zero-order valence-corrected chi connectivity index (χ0v) is 10.8. The van der Waals surface area contributed by atoms with Crippen molar-refractivity contribution in [1.82, 2.24) is 4.98 Å². The van der Waals surface area contributed by atoms with E-state index in [0.29, 0.717) is 16.3 Å². The molecule has 3 nitrogen and oxygen atoms in total. The van der Waals surface area contributed by atoms with Crippen LogP contribution in [-0.2, 0) is 12.7 Å². The lowest BCUT2D eigenvalue weighted by Gasteiger charge is -2.03. The number of alkyl halides is 3. The maximum atomic E-state index is 12.8. The second kappa shape index (κ2) is 5.18. The number of hydrogen-bond donors (Lipinski definition) is 1. The van der Waals surface area contributed by atoms with Crippen LogP contribution in [0.2, 0.25) is 0 Å². The van der Waals surface area contributed by atoms with Gasteiger partial charge in [0.1, 0.15) is 10.8 Å². The molecule has 2 rings (SSSR count). The highest BCUT2D eigenvalue weighted by Crippen LogP contribution is 2.37. The number of halogens is 3. The Kier molecular flexibility index (Phi) is 3.77. The summed E-state index contributed by atoms with van der Waals surface area (Å²) >= 11 is 0.956. The van der Waals surface area contributed by atoms with Gasteiger partial charge < -0.3 is 10.5 Å². The lowest BCUT2D eigenvalue weighted by molar-refractivity contribution is -0.141. The van der Waals surface area contributed by atoms with E-state index in [1.165, 1.54) is 7.11 Å². The molecular weight excluding hydrogens is 277 g/mol. The van der Waals surface area contributed by atoms with Gasteiger partial charge in [-0.05, 0) is 24.3 Å². The van der Waals surface area contributed by atoms with Gasteiger partial charge in [0.15, 0.2) is 5.69 Å². The summed E-state index contributed by atoms with van der Waals surface area (Å²) in [5.41, 5.74) is 5.04. The first kappa shape index (κ1) is 13.8. The molecule has 0 fully saturated rings. The summed E-state index contributed by atoms with van der Waals surface area (Å²) in [4.78, 5) is 3.69. The third kappa shape index (κ3) is 2.87. The largest absolute Gasteiger partial charge is 0.497 e. The van der Waals surface area contributed by atoms with Gasteiger partial charge in [0.05, 0.1) is 12.0 Å². The molecule has 1 heterocycles. The lowest BCUT2D eigenvalue weighted by atomic mass is 10.2. The predicted octanol–water partition coefficient (Wildman–Crippen LogP) is 3.30. The van der Waals surface area contributed by atoms with Gasteiger partial charge in [-0.15, -0.1) is 11.3 Å². The normalized spacial score (nSPS) is 11.6. The number of nitrogens with two attached hydrogens (primary N) is 1. The maximum Gasteiger partial charge on any atom is 0.434 e. The molecule has 0 aliphatic carbocycles. The van der Waals surface area contributed by atoms with Crippen LogP contribution >= 0.6 is 11.3 Å². The molecule has 2 N–H and O–H groups in total. The van der Waals surface area contributed by atoms with Crippen LogP contribution in [-0.4, -0.2) is 12.1 Å². The molecule has 0 unspecified atom stereocenters. The van der Waals surface area contributed by atoms with Crippen LogP contribution in [0.25, 0.3) is 10.6 Å². The van der Waals surface area contributed by atoms with Gasteiger partial charge in [0.25, 0.3) is 0 Å². The molecule has 0 radical (unpaired) electrons. The SMILES string of the molecule is COc1ccc(-c2nc(C(F)(F)F)c(CN)s2)cc1. The summed E-state index contributed by atoms with van der Waals surface area (Å²) in [5, 5.41) is 0.301. The van der Waals surface area contributed by atoms with Crippen LogP contribution in [0, 0.1) is 0 Å². The number of ether oxygens (including phenoxy) is 1. The van der Waals surface area contributed by atoms with Crippen molar-refractivity contribution in [1.29, 1.82) is 0 Å². The van der Waals surface area contributed by atoms with E-state index >= 15 is 0 Å². The Morgan fingerprint density at radius 2 is 1.89 bits per heavy atom. The van der Waals surface area contributed by atoms with Crippen molar-refractivity contribution in [3.05, 3.63) is 34.8 Å². The van der Waals surface area contributed by atoms with Gasteiger partial charge in [-0.3, -0.25) is 0 Å². The quantitative estimate of drug-likeness (QED) is 0.942. The first-order chi connectivity index (χ1) is 8.95. The van der Waals surface area contributed by atoms with E-state index < -0.39 is 11.9 Å². The van der Waals surface area contributed by atoms with E-state index in [1.807, 2.05) is 0 Å². The fraction of sp³-hybridized carbons (Fsp3) is 0.250. The summed E-state index contributed by atoms with van der Waals surface area (Å²) in [5.74, 6) is 0.635. The predicted molar refractivity (Wildman–Crippen MR) is 67.0 cm³/mol. The molecule has 2 aromatic rings. The third-order valence-corrected chi connectivity index (χ3v) is 3.61. The van der Waals surface area contributed by atoms with Gasteiger partial charge >= 0.3 is 6.18 Å². The molecule has 0 atom stereocenters. The Labute approximate surface area is 111 Å². The van der Waals surface area contributed by atoms with Crippen molar-refractivity contribution in [3.63, 3.8) is 0 Å². The molecule has 0 spiro atoms. The zero-order chi connectivity index (χ0) is 14.0. The topological polar surface area (TPSA) is 48.1 Å². The number of nitrogens with zero attached hydrogens (tertiary/aromatic N) is 1. The Morgan fingerprint density at radius 1 is 1.26 bits per heavy atom. The fourth-order valence-electron chi connectivity index (χ4n) is 1.57. The van der Waals surface area contributed by atoms with Crippen molar-refractivity contribution in [2.24, 2.45) is 5.73 Å². The molecule has 102 valence electrons. The van der Waals surface area contributed by atoms with Crippen molar-refractivity contribution in [3.8, 4) is 16.3 Å². The van der Waals surface area contributed by atoms with E-state index in [9.17, 15) is 13.2 Å². The Bertz CT molecular complexity index is 563. The Balaban J connectivity index is 2.42. The first-order valence-corrected chi connectivity index (χ1v) is 6.18. The van der Waals surface area contributed by atoms with Crippen LogP contribution in [0.1, 0.15) is 10.6 Å². The average Bonchev–Trinajstić information content (AvgIpc) is 2.83. The number of thiazole rings is 1. The van der Waals surface area contributed by atoms with Crippen molar-refractivity contribution in [2.75, 3.05) is 7.11 Å². The van der Waals surface area contributed by atoms with Crippen LogP contribution in [0.5, 0.6) is 5.75 Å². The molecule has 0 bridgehead atoms. The van der Waals surface area contributed by atoms with E-state index in [0.717, 1.165) is 11.3 Å². The molecule has 19 heavy (non-hydrogen) atoms. The third-order valence-electron chi connectivity index (χ3n) is 2.49. The summed E-state index contributed by atoms with van der Waals surface area (Å²) in [6, 6.07) is 6.68. The highest BCUT2D eigenvalue weighted by atomic mass is 32.1. The minimum atomic E-state index is -4.48. The molecule has 1 aromatic heterocycles. The van der Waals surface area contributed by atoms with Crippen molar-refractivity contribution >= 4 is 11.3 Å². The van der Waals surface area contributed by atoms with Crippen molar-refractivity contribution < 1.29 is 17.9 Å². The number of methoxy groups -OCH3 is 1. The standard InChI is InChI=1S/C12H11F3N2OS/c1-18-8-4-2-7(3-5-8)11-17-10(12(13,14)15)9(6-16)19-11/h2-5H,6,16H2,1H3. The van der Waals surface area contributed by atoms with Crippen LogP contribution < -0.4 is 10.5 Å². The molecule has 0 aliphatic heterocycles. The summed E-state index contributed by atoms with van der Waals surface area (Å²) in [6.07, 6.45) is -4.48. The van der Waals surface area contributed by atoms with Crippen molar-refractivity contribution in [2.45, 2.75) is 12.7 Å². The molecule has 0 aliphatic rings. The minimum absolute atomic E-state index is 0.0401. The van der Waals surface area contributed by atoms with Crippen LogP contribution in [0.3, 0.4) is 0 Å². The summed E-state index contributed by atoms with van der Waals surface area (Å²) in [6.45, 7) is -0.178. The van der Waals surface area contributed by atoms with Crippen LogP contribution in [0.15, 0.2) is 24.3 Å². The van der Waals surface area contributed by atoms with Gasteiger partial charge in [0.2, 0.25) is 0 Å². The summed E-state index contributed by atoms with van der Waals surface area (Å²) in [7, 11) is 1.52. The highest BCUT2D eigenvalue weighted by molar-refractivity contribution is 7.15. The number of aromatic nitrogens is 1. The molecule has 0 saturated carbocycles. The van der Waals surface area contributed by atoms with E-state index in [2.05, 4.69) is 4.98 Å². The fourth-order valence-corrected chi connectivity index (χ4v) is 2.53. The smallest absolute Gasteiger partial charge is 0.434 e. The zero-order valence-electron chi connectivity index (χ0n) is 9.99. The maximum absolute atomic E-state index is 12.8. The van der Waals surface area contributed by atoms with Gasteiger partial charge in [0, 0.05) is 12.1 Å². The highest BCUT2D eigenvalue weighted by Gasteiger charge is 2.37. The number of benzene rings is 1. The molecule has 1 aromatic carbocycles. The molecular formula is C12H11F3N2OS. The second-order valence-corrected chi connectivity index (χ2v) is 4.80. The van der Waals surface area contributed by atoms with Gasteiger partial charge in [-0.1, -0.05) is 0 Å². The average molecular weight is 288 g/mol. The molecule has 7 heteroatoms. The lowest BCUT2D eigenvalue weighted by Crippen LogP contribution is -2.10.